The highest BCUT2D eigenvalue weighted by Crippen LogP contribution is 2.33. The van der Waals surface area contributed by atoms with Gasteiger partial charge in [-0.05, 0) is 68.3 Å². The van der Waals surface area contributed by atoms with Gasteiger partial charge < -0.3 is 10.1 Å². The number of halogens is 4. The molecule has 0 unspecified atom stereocenters. The fraction of sp³-hybridized carbons (Fsp3) is 0.250. The van der Waals surface area contributed by atoms with E-state index in [0.29, 0.717) is 17.9 Å². The molecule has 1 N–H and O–H groups in total. The van der Waals surface area contributed by atoms with E-state index in [4.69, 9.17) is 9.73 Å². The number of hydrogen-bond donors (Lipinski definition) is 1. The van der Waals surface area contributed by atoms with E-state index >= 15 is 0 Å². The van der Waals surface area contributed by atoms with Crippen molar-refractivity contribution in [1.82, 2.24) is 0 Å². The zero-order chi connectivity index (χ0) is 27.0. The van der Waals surface area contributed by atoms with Crippen LogP contribution in [0.4, 0.5) is 23.2 Å². The number of nitrogens with zero attached hydrogens (tertiary/aromatic N) is 1. The first-order chi connectivity index (χ1) is 17.4. The third kappa shape index (κ3) is 5.87. The van der Waals surface area contributed by atoms with Crippen LogP contribution in [-0.4, -0.2) is 30.1 Å². The Morgan fingerprint density at radius 3 is 2.51 bits per heavy atom. The Hall–Kier alpha value is -4.01. The third-order valence-corrected chi connectivity index (χ3v) is 5.99. The van der Waals surface area contributed by atoms with Gasteiger partial charge in [0.15, 0.2) is 5.78 Å². The Labute approximate surface area is 211 Å². The summed E-state index contributed by atoms with van der Waals surface area (Å²) in [6.45, 7) is 3.96. The van der Waals surface area contributed by atoms with Gasteiger partial charge in [-0.15, -0.1) is 0 Å². The lowest BCUT2D eigenvalue weighted by molar-refractivity contribution is -0.138. The molecular weight excluding hydrogens is 488 g/mol. The van der Waals surface area contributed by atoms with Crippen LogP contribution in [0.1, 0.15) is 57.7 Å². The number of anilines is 1. The molecule has 1 heterocycles. The average molecular weight is 513 g/mol. The second kappa shape index (κ2) is 9.80. The van der Waals surface area contributed by atoms with Crippen molar-refractivity contribution in [2.75, 3.05) is 12.4 Å². The van der Waals surface area contributed by atoms with Crippen LogP contribution in [-0.2, 0) is 12.6 Å². The SMILES string of the molecule is COc1ccc2c(c1)C(CC(=O)c1cccc(NC(=O)c3ccc(F)cc3C(F)(F)F)c1)=NC(C)(C)C2. The molecule has 3 aromatic carbocycles. The molecule has 1 aliphatic rings. The van der Waals surface area contributed by atoms with Crippen LogP contribution < -0.4 is 10.1 Å². The minimum atomic E-state index is -4.92. The summed E-state index contributed by atoms with van der Waals surface area (Å²) in [4.78, 5) is 30.6. The van der Waals surface area contributed by atoms with E-state index in [-0.39, 0.29) is 29.5 Å². The second-order valence-corrected chi connectivity index (χ2v) is 9.39. The summed E-state index contributed by atoms with van der Waals surface area (Å²) >= 11 is 0. The number of alkyl halides is 3. The van der Waals surface area contributed by atoms with Crippen molar-refractivity contribution in [1.29, 1.82) is 0 Å². The van der Waals surface area contributed by atoms with Crippen molar-refractivity contribution in [2.45, 2.75) is 38.4 Å². The normalized spacial score (nSPS) is 14.4. The number of methoxy groups -OCH3 is 1. The fourth-order valence-electron chi connectivity index (χ4n) is 4.34. The lowest BCUT2D eigenvalue weighted by Crippen LogP contribution is -2.30. The summed E-state index contributed by atoms with van der Waals surface area (Å²) in [6, 6.07) is 13.4. The molecular formula is C28H24F4N2O3. The van der Waals surface area contributed by atoms with Crippen molar-refractivity contribution in [2.24, 2.45) is 4.99 Å². The van der Waals surface area contributed by atoms with Gasteiger partial charge in [-0.2, -0.15) is 13.2 Å². The van der Waals surface area contributed by atoms with Crippen molar-refractivity contribution >= 4 is 23.1 Å². The molecule has 9 heteroatoms. The average Bonchev–Trinajstić information content (AvgIpc) is 2.82. The molecule has 0 aromatic heterocycles. The topological polar surface area (TPSA) is 67.8 Å². The maximum atomic E-state index is 13.4. The van der Waals surface area contributed by atoms with Crippen molar-refractivity contribution in [3.63, 3.8) is 0 Å². The van der Waals surface area contributed by atoms with Crippen molar-refractivity contribution in [3.8, 4) is 5.75 Å². The number of benzene rings is 3. The maximum absolute atomic E-state index is 13.4. The van der Waals surface area contributed by atoms with Crippen LogP contribution in [0.3, 0.4) is 0 Å². The Morgan fingerprint density at radius 1 is 1.05 bits per heavy atom. The minimum absolute atomic E-state index is 0.0167. The number of ketones is 1. The summed E-state index contributed by atoms with van der Waals surface area (Å²) in [5.74, 6) is -1.82. The molecule has 0 bridgehead atoms. The predicted octanol–water partition coefficient (Wildman–Crippen LogP) is 6.50. The quantitative estimate of drug-likeness (QED) is 0.303. The number of hydrogen-bond acceptors (Lipinski definition) is 4. The number of carbonyl (C=O) groups excluding carboxylic acids is 2. The molecule has 0 fully saturated rings. The number of fused-ring (bicyclic) bond motifs is 1. The maximum Gasteiger partial charge on any atom is 0.417 e. The van der Waals surface area contributed by atoms with Crippen LogP contribution in [0.15, 0.2) is 65.7 Å². The van der Waals surface area contributed by atoms with E-state index in [1.807, 2.05) is 32.0 Å². The van der Waals surface area contributed by atoms with E-state index in [0.717, 1.165) is 23.3 Å². The zero-order valence-electron chi connectivity index (χ0n) is 20.4. The number of Topliss-reactive ketones (excluding diaryl/α,β-unsaturated/α-hetero) is 1. The van der Waals surface area contributed by atoms with E-state index in [9.17, 15) is 27.2 Å². The van der Waals surface area contributed by atoms with Crippen molar-refractivity contribution in [3.05, 3.63) is 94.3 Å². The number of rotatable bonds is 6. The Balaban J connectivity index is 1.58. The zero-order valence-corrected chi connectivity index (χ0v) is 20.4. The van der Waals surface area contributed by atoms with E-state index in [1.54, 1.807) is 13.2 Å². The Morgan fingerprint density at radius 2 is 1.81 bits per heavy atom. The van der Waals surface area contributed by atoms with Gasteiger partial charge in [0.2, 0.25) is 0 Å². The lowest BCUT2D eigenvalue weighted by Gasteiger charge is -2.29. The molecule has 3 aromatic rings. The number of aliphatic imine (C=N–C) groups is 1. The summed E-state index contributed by atoms with van der Waals surface area (Å²) < 4.78 is 58.7. The molecule has 1 amide bonds. The highest BCUT2D eigenvalue weighted by atomic mass is 19.4. The van der Waals surface area contributed by atoms with Gasteiger partial charge in [-0.3, -0.25) is 14.6 Å². The number of nitrogens with one attached hydrogen (secondary N) is 1. The molecule has 0 radical (unpaired) electrons. The van der Waals surface area contributed by atoms with Gasteiger partial charge in [0.25, 0.3) is 5.91 Å². The highest BCUT2D eigenvalue weighted by Gasteiger charge is 2.36. The fourth-order valence-corrected chi connectivity index (χ4v) is 4.34. The summed E-state index contributed by atoms with van der Waals surface area (Å²) in [5.41, 5.74) is 0.338. The minimum Gasteiger partial charge on any atom is -0.497 e. The molecule has 0 spiro atoms. The molecule has 1 aliphatic heterocycles. The first kappa shape index (κ1) is 26.1. The van der Waals surface area contributed by atoms with Crippen LogP contribution in [0.25, 0.3) is 0 Å². The van der Waals surface area contributed by atoms with Gasteiger partial charge >= 0.3 is 6.18 Å². The molecule has 37 heavy (non-hydrogen) atoms. The summed E-state index contributed by atoms with van der Waals surface area (Å²) in [6.07, 6.45) is -4.23. The number of carbonyl (C=O) groups is 2. The third-order valence-electron chi connectivity index (χ3n) is 5.99. The van der Waals surface area contributed by atoms with Gasteiger partial charge in [0.05, 0.1) is 35.9 Å². The van der Waals surface area contributed by atoms with Crippen molar-refractivity contribution < 1.29 is 31.9 Å². The largest absolute Gasteiger partial charge is 0.497 e. The molecule has 0 atom stereocenters. The first-order valence-electron chi connectivity index (χ1n) is 11.4. The smallest absolute Gasteiger partial charge is 0.417 e. The van der Waals surface area contributed by atoms with Crippen LogP contribution in [0, 0.1) is 5.82 Å². The Kier molecular flexibility index (Phi) is 6.90. The summed E-state index contributed by atoms with van der Waals surface area (Å²) in [5, 5.41) is 2.37. The van der Waals surface area contributed by atoms with Crippen LogP contribution in [0.5, 0.6) is 5.75 Å². The number of ether oxygens (including phenoxy) is 1. The standard InChI is InChI=1S/C28H24F4N2O3/c1-27(2)15-17-7-9-20(37-3)13-22(17)24(34-27)14-25(35)16-5-4-6-19(11-16)33-26(36)21-10-8-18(29)12-23(21)28(30,31)32/h4-13H,14-15H2,1-3H3,(H,33,36). The van der Waals surface area contributed by atoms with Crippen LogP contribution >= 0.6 is 0 Å². The van der Waals surface area contributed by atoms with E-state index in [2.05, 4.69) is 5.32 Å². The molecule has 0 saturated heterocycles. The van der Waals surface area contributed by atoms with Gasteiger partial charge in [-0.1, -0.05) is 18.2 Å². The van der Waals surface area contributed by atoms with Gasteiger partial charge in [0, 0.05) is 16.8 Å². The van der Waals surface area contributed by atoms with Crippen LogP contribution in [0.2, 0.25) is 0 Å². The van der Waals surface area contributed by atoms with Gasteiger partial charge in [-0.25, -0.2) is 4.39 Å². The molecule has 4 rings (SSSR count). The molecule has 5 nitrogen and oxygen atoms in total. The highest BCUT2D eigenvalue weighted by molar-refractivity contribution is 6.17. The monoisotopic (exact) mass is 512 g/mol. The second-order valence-electron chi connectivity index (χ2n) is 9.39. The van der Waals surface area contributed by atoms with E-state index in [1.165, 1.54) is 18.2 Å². The number of amides is 1. The lowest BCUT2D eigenvalue weighted by atomic mass is 9.85. The predicted molar refractivity (Wildman–Crippen MR) is 132 cm³/mol. The molecule has 0 saturated carbocycles. The van der Waals surface area contributed by atoms with E-state index < -0.39 is 34.6 Å². The summed E-state index contributed by atoms with van der Waals surface area (Å²) in [7, 11) is 1.56. The molecule has 192 valence electrons. The van der Waals surface area contributed by atoms with Gasteiger partial charge in [0.1, 0.15) is 11.6 Å². The molecule has 0 aliphatic carbocycles. The Bertz CT molecular complexity index is 1410. The first-order valence-corrected chi connectivity index (χ1v) is 11.4.